The molecule has 0 spiro atoms. The molecule has 0 aliphatic heterocycles. The van der Waals surface area contributed by atoms with E-state index in [1.807, 2.05) is 25.3 Å². The molecule has 1 aliphatic rings. The molecule has 0 saturated heterocycles. The van der Waals surface area contributed by atoms with Crippen LogP contribution in [0.5, 0.6) is 0 Å². The van der Waals surface area contributed by atoms with Gasteiger partial charge >= 0.3 is 0 Å². The van der Waals surface area contributed by atoms with Gasteiger partial charge in [0.15, 0.2) is 5.65 Å². The van der Waals surface area contributed by atoms with Crippen molar-refractivity contribution in [3.8, 4) is 6.07 Å². The maximum Gasteiger partial charge on any atom is 0.160 e. The predicted octanol–water partition coefficient (Wildman–Crippen LogP) is 5.49. The zero-order valence-electron chi connectivity index (χ0n) is 17.9. The molecule has 0 amide bonds. The van der Waals surface area contributed by atoms with E-state index in [2.05, 4.69) is 65.0 Å². The first-order valence-corrected chi connectivity index (χ1v) is 10.8. The summed E-state index contributed by atoms with van der Waals surface area (Å²) in [5.74, 6) is 1.05. The van der Waals surface area contributed by atoms with Gasteiger partial charge < -0.3 is 4.57 Å². The van der Waals surface area contributed by atoms with Crippen molar-refractivity contribution >= 4 is 16.7 Å². The van der Waals surface area contributed by atoms with Gasteiger partial charge in [0.05, 0.1) is 12.6 Å². The SMILES string of the molecule is CCc1nc2cccnc2n1Cc1ccc2c(c1)CCc1ccccc1/C2=C(/C)C#N. The molecule has 4 aromatic rings. The standard InChI is InChI=1S/C27H24N4/c1-3-25-30-24-9-6-14-29-27(24)31(25)17-19-10-13-23-21(15-19)12-11-20-7-4-5-8-22(20)26(23)18(2)16-28/h4-10,13-15H,3,11-12,17H2,1-2H3/b26-18+. The molecule has 0 unspecified atom stereocenters. The number of imidazole rings is 1. The van der Waals surface area contributed by atoms with E-state index >= 15 is 0 Å². The summed E-state index contributed by atoms with van der Waals surface area (Å²) in [4.78, 5) is 9.34. The van der Waals surface area contributed by atoms with Crippen molar-refractivity contribution in [3.05, 3.63) is 100 Å². The maximum absolute atomic E-state index is 9.69. The number of benzene rings is 2. The fourth-order valence-electron chi connectivity index (χ4n) is 4.68. The molecule has 2 aromatic carbocycles. The zero-order valence-corrected chi connectivity index (χ0v) is 17.9. The third kappa shape index (κ3) is 3.33. The van der Waals surface area contributed by atoms with Crippen LogP contribution in [-0.4, -0.2) is 14.5 Å². The quantitative estimate of drug-likeness (QED) is 0.425. The lowest BCUT2D eigenvalue weighted by molar-refractivity contribution is 0.745. The molecule has 0 atom stereocenters. The van der Waals surface area contributed by atoms with Crippen molar-refractivity contribution in [3.63, 3.8) is 0 Å². The van der Waals surface area contributed by atoms with Crippen molar-refractivity contribution < 1.29 is 0 Å². The molecule has 31 heavy (non-hydrogen) atoms. The first-order chi connectivity index (χ1) is 15.2. The second-order valence-electron chi connectivity index (χ2n) is 8.07. The van der Waals surface area contributed by atoms with Crippen LogP contribution in [0.1, 0.15) is 47.5 Å². The van der Waals surface area contributed by atoms with Gasteiger partial charge in [-0.2, -0.15) is 5.26 Å². The van der Waals surface area contributed by atoms with Crippen LogP contribution in [0.4, 0.5) is 0 Å². The largest absolute Gasteiger partial charge is 0.308 e. The number of hydrogen-bond donors (Lipinski definition) is 0. The Hall–Kier alpha value is -3.71. The summed E-state index contributed by atoms with van der Waals surface area (Å²) < 4.78 is 2.22. The van der Waals surface area contributed by atoms with Crippen LogP contribution in [0.2, 0.25) is 0 Å². The predicted molar refractivity (Wildman–Crippen MR) is 124 cm³/mol. The summed E-state index contributed by atoms with van der Waals surface area (Å²) in [6, 6.07) is 21.5. The summed E-state index contributed by atoms with van der Waals surface area (Å²) in [6.45, 7) is 4.80. The van der Waals surface area contributed by atoms with Crippen LogP contribution in [0.15, 0.2) is 66.4 Å². The fraction of sp³-hybridized carbons (Fsp3) is 0.222. The number of aryl methyl sites for hydroxylation is 3. The summed E-state index contributed by atoms with van der Waals surface area (Å²) in [7, 11) is 0. The molecule has 0 saturated carbocycles. The Balaban J connectivity index is 1.61. The van der Waals surface area contributed by atoms with Crippen molar-refractivity contribution in [2.75, 3.05) is 0 Å². The average molecular weight is 405 g/mol. The topological polar surface area (TPSA) is 54.5 Å². The number of nitrogens with zero attached hydrogens (tertiary/aromatic N) is 4. The second kappa shape index (κ2) is 7.85. The Bertz CT molecular complexity index is 1370. The smallest absolute Gasteiger partial charge is 0.160 e. The van der Waals surface area contributed by atoms with E-state index in [4.69, 9.17) is 4.98 Å². The average Bonchev–Trinajstić information content (AvgIpc) is 3.07. The Kier molecular flexibility index (Phi) is 4.88. The fourth-order valence-corrected chi connectivity index (χ4v) is 4.68. The normalized spacial score (nSPS) is 14.5. The van der Waals surface area contributed by atoms with E-state index in [-0.39, 0.29) is 0 Å². The number of aromatic nitrogens is 3. The highest BCUT2D eigenvalue weighted by Gasteiger charge is 2.20. The number of rotatable bonds is 3. The van der Waals surface area contributed by atoms with Gasteiger partial charge in [0, 0.05) is 23.8 Å². The lowest BCUT2D eigenvalue weighted by Gasteiger charge is -2.15. The molecule has 152 valence electrons. The Morgan fingerprint density at radius 3 is 2.68 bits per heavy atom. The van der Waals surface area contributed by atoms with E-state index in [0.717, 1.165) is 53.9 Å². The third-order valence-electron chi connectivity index (χ3n) is 6.17. The lowest BCUT2D eigenvalue weighted by Crippen LogP contribution is -2.06. The van der Waals surface area contributed by atoms with Crippen molar-refractivity contribution in [1.82, 2.24) is 14.5 Å². The van der Waals surface area contributed by atoms with E-state index in [0.29, 0.717) is 0 Å². The van der Waals surface area contributed by atoms with Crippen LogP contribution in [-0.2, 0) is 25.8 Å². The number of nitriles is 1. The molecule has 4 nitrogen and oxygen atoms in total. The summed E-state index contributed by atoms with van der Waals surface area (Å²) in [5, 5.41) is 9.69. The van der Waals surface area contributed by atoms with Crippen LogP contribution >= 0.6 is 0 Å². The lowest BCUT2D eigenvalue weighted by atomic mass is 9.90. The van der Waals surface area contributed by atoms with Gasteiger partial charge in [-0.05, 0) is 59.7 Å². The van der Waals surface area contributed by atoms with E-state index in [1.54, 1.807) is 0 Å². The molecule has 5 rings (SSSR count). The Labute approximate surface area is 182 Å². The monoisotopic (exact) mass is 404 g/mol. The van der Waals surface area contributed by atoms with Gasteiger partial charge in [0.2, 0.25) is 0 Å². The van der Waals surface area contributed by atoms with Crippen molar-refractivity contribution in [2.45, 2.75) is 39.7 Å². The van der Waals surface area contributed by atoms with Crippen molar-refractivity contribution in [1.29, 1.82) is 5.26 Å². The second-order valence-corrected chi connectivity index (χ2v) is 8.07. The van der Waals surface area contributed by atoms with Crippen molar-refractivity contribution in [2.24, 2.45) is 0 Å². The minimum Gasteiger partial charge on any atom is -0.308 e. The first-order valence-electron chi connectivity index (χ1n) is 10.8. The van der Waals surface area contributed by atoms with E-state index in [9.17, 15) is 5.26 Å². The maximum atomic E-state index is 9.69. The molecule has 0 N–H and O–H groups in total. The zero-order chi connectivity index (χ0) is 21.4. The Morgan fingerprint density at radius 2 is 1.84 bits per heavy atom. The van der Waals surface area contributed by atoms with E-state index in [1.165, 1.54) is 27.8 Å². The molecule has 1 aliphatic carbocycles. The van der Waals surface area contributed by atoms with Crippen LogP contribution in [0, 0.1) is 11.3 Å². The minimum atomic E-state index is 0.743. The highest BCUT2D eigenvalue weighted by molar-refractivity contribution is 5.87. The number of pyridine rings is 1. The minimum absolute atomic E-state index is 0.743. The molecule has 0 fully saturated rings. The summed E-state index contributed by atoms with van der Waals surface area (Å²) in [5.41, 5.74) is 9.92. The number of allylic oxidation sites excluding steroid dienone is 1. The Morgan fingerprint density at radius 1 is 1.03 bits per heavy atom. The number of fused-ring (bicyclic) bond motifs is 3. The van der Waals surface area contributed by atoms with Gasteiger partial charge in [-0.15, -0.1) is 0 Å². The van der Waals surface area contributed by atoms with E-state index < -0.39 is 0 Å². The van der Waals surface area contributed by atoms with Gasteiger partial charge in [-0.3, -0.25) is 0 Å². The number of hydrogen-bond acceptors (Lipinski definition) is 3. The van der Waals surface area contributed by atoms with Crippen LogP contribution in [0.3, 0.4) is 0 Å². The van der Waals surface area contributed by atoms with Crippen LogP contribution in [0.25, 0.3) is 16.7 Å². The molecule has 2 aromatic heterocycles. The molecule has 4 heteroatoms. The van der Waals surface area contributed by atoms with Crippen LogP contribution < -0.4 is 0 Å². The highest BCUT2D eigenvalue weighted by atomic mass is 15.1. The van der Waals surface area contributed by atoms with Gasteiger partial charge in [-0.25, -0.2) is 9.97 Å². The molecule has 0 radical (unpaired) electrons. The summed E-state index contributed by atoms with van der Waals surface area (Å²) >= 11 is 0. The van der Waals surface area contributed by atoms with Gasteiger partial charge in [-0.1, -0.05) is 49.4 Å². The molecular weight excluding hydrogens is 380 g/mol. The third-order valence-corrected chi connectivity index (χ3v) is 6.17. The molecule has 0 bridgehead atoms. The molecular formula is C27H24N4. The summed E-state index contributed by atoms with van der Waals surface area (Å²) in [6.07, 6.45) is 4.64. The first kappa shape index (κ1) is 19.3. The highest BCUT2D eigenvalue weighted by Crippen LogP contribution is 2.36. The molecule has 2 heterocycles. The van der Waals surface area contributed by atoms with Gasteiger partial charge in [0.25, 0.3) is 0 Å². The van der Waals surface area contributed by atoms with Gasteiger partial charge in [0.1, 0.15) is 11.3 Å².